The van der Waals surface area contributed by atoms with E-state index in [1.54, 1.807) is 6.21 Å². The zero-order valence-corrected chi connectivity index (χ0v) is 21.9. The third kappa shape index (κ3) is 7.19. The summed E-state index contributed by atoms with van der Waals surface area (Å²) < 4.78 is 7.08. The highest BCUT2D eigenvalue weighted by Gasteiger charge is 2.26. The molecule has 5 heteroatoms. The van der Waals surface area contributed by atoms with E-state index in [1.165, 1.54) is 11.1 Å². The van der Waals surface area contributed by atoms with Crippen molar-refractivity contribution in [3.05, 3.63) is 63.6 Å². The standard InChI is InChI=1S/C27H37BrN2O2/c1-7-26(3,4)21-15-16-24(22(18-21)27(5,6)8-2)32-17-11-14-25(31)30-29-19-20-12-9-10-13-23(20)28/h9-10,12-13,15-16,18-19H,7-8,11,14,17H2,1-6H3,(H,30,31)/b29-19+. The van der Waals surface area contributed by atoms with Crippen LogP contribution in [0.5, 0.6) is 5.75 Å². The second kappa shape index (κ2) is 11.6. The molecule has 2 aromatic rings. The second-order valence-corrected chi connectivity index (χ2v) is 10.3. The van der Waals surface area contributed by atoms with Crippen LogP contribution >= 0.6 is 15.9 Å². The number of carbonyl (C=O) groups is 1. The summed E-state index contributed by atoms with van der Waals surface area (Å²) in [5.74, 6) is 0.797. The fraction of sp³-hybridized carbons (Fsp3) is 0.481. The van der Waals surface area contributed by atoms with Crippen LogP contribution in [-0.4, -0.2) is 18.7 Å². The highest BCUT2D eigenvalue weighted by Crippen LogP contribution is 2.38. The molecule has 174 valence electrons. The van der Waals surface area contributed by atoms with Gasteiger partial charge in [0.2, 0.25) is 5.91 Å². The van der Waals surface area contributed by atoms with Crippen molar-refractivity contribution in [3.63, 3.8) is 0 Å². The van der Waals surface area contributed by atoms with Crippen LogP contribution in [0.25, 0.3) is 0 Å². The van der Waals surface area contributed by atoms with E-state index in [4.69, 9.17) is 4.74 Å². The number of amides is 1. The Morgan fingerprint density at radius 1 is 1.06 bits per heavy atom. The van der Waals surface area contributed by atoms with E-state index in [1.807, 2.05) is 24.3 Å². The van der Waals surface area contributed by atoms with Crippen molar-refractivity contribution in [1.82, 2.24) is 5.43 Å². The van der Waals surface area contributed by atoms with Gasteiger partial charge in [0.25, 0.3) is 0 Å². The van der Waals surface area contributed by atoms with E-state index in [0.29, 0.717) is 19.4 Å². The van der Waals surface area contributed by atoms with Gasteiger partial charge in [-0.2, -0.15) is 5.10 Å². The van der Waals surface area contributed by atoms with Crippen LogP contribution in [0.15, 0.2) is 52.0 Å². The topological polar surface area (TPSA) is 50.7 Å². The fourth-order valence-corrected chi connectivity index (χ4v) is 3.61. The van der Waals surface area contributed by atoms with Crippen LogP contribution in [-0.2, 0) is 15.6 Å². The Balaban J connectivity index is 1.94. The van der Waals surface area contributed by atoms with Crippen molar-refractivity contribution in [2.75, 3.05) is 6.61 Å². The molecule has 0 radical (unpaired) electrons. The molecule has 0 fully saturated rings. The molecule has 32 heavy (non-hydrogen) atoms. The maximum Gasteiger partial charge on any atom is 0.240 e. The lowest BCUT2D eigenvalue weighted by atomic mass is 9.76. The number of ether oxygens (including phenoxy) is 1. The van der Waals surface area contributed by atoms with Gasteiger partial charge in [0.05, 0.1) is 12.8 Å². The van der Waals surface area contributed by atoms with Crippen LogP contribution in [0.2, 0.25) is 0 Å². The van der Waals surface area contributed by atoms with Gasteiger partial charge in [-0.1, -0.05) is 87.8 Å². The Hall–Kier alpha value is -2.14. The van der Waals surface area contributed by atoms with Crippen LogP contribution in [0.4, 0.5) is 0 Å². The predicted molar refractivity (Wildman–Crippen MR) is 138 cm³/mol. The summed E-state index contributed by atoms with van der Waals surface area (Å²) in [6.07, 6.45) is 4.73. The molecule has 0 bridgehead atoms. The quantitative estimate of drug-likeness (QED) is 0.202. The predicted octanol–water partition coefficient (Wildman–Crippen LogP) is 7.13. The minimum Gasteiger partial charge on any atom is -0.493 e. The maximum absolute atomic E-state index is 12.1. The molecule has 0 atom stereocenters. The Kier molecular flexibility index (Phi) is 9.50. The van der Waals surface area contributed by atoms with Gasteiger partial charge >= 0.3 is 0 Å². The summed E-state index contributed by atoms with van der Waals surface area (Å²) >= 11 is 3.46. The Morgan fingerprint density at radius 2 is 1.75 bits per heavy atom. The van der Waals surface area contributed by atoms with Gasteiger partial charge in [0, 0.05) is 22.0 Å². The number of rotatable bonds is 11. The van der Waals surface area contributed by atoms with E-state index in [-0.39, 0.29) is 16.7 Å². The van der Waals surface area contributed by atoms with Crippen LogP contribution in [0, 0.1) is 0 Å². The first-order chi connectivity index (χ1) is 15.1. The van der Waals surface area contributed by atoms with Gasteiger partial charge in [-0.3, -0.25) is 4.79 Å². The number of hydrogen-bond donors (Lipinski definition) is 1. The molecule has 0 spiro atoms. The first-order valence-electron chi connectivity index (χ1n) is 11.4. The average molecular weight is 502 g/mol. The lowest BCUT2D eigenvalue weighted by molar-refractivity contribution is -0.121. The van der Waals surface area contributed by atoms with Crippen LogP contribution in [0.3, 0.4) is 0 Å². The molecule has 0 unspecified atom stereocenters. The molecule has 0 aliphatic rings. The first-order valence-corrected chi connectivity index (χ1v) is 12.2. The van der Waals surface area contributed by atoms with Crippen molar-refractivity contribution >= 4 is 28.1 Å². The van der Waals surface area contributed by atoms with E-state index >= 15 is 0 Å². The molecule has 2 rings (SSSR count). The van der Waals surface area contributed by atoms with E-state index < -0.39 is 0 Å². The highest BCUT2D eigenvalue weighted by molar-refractivity contribution is 9.10. The van der Waals surface area contributed by atoms with E-state index in [9.17, 15) is 4.79 Å². The number of nitrogens with one attached hydrogen (secondary N) is 1. The van der Waals surface area contributed by atoms with Gasteiger partial charge in [-0.25, -0.2) is 5.43 Å². The van der Waals surface area contributed by atoms with Gasteiger partial charge in [-0.15, -0.1) is 0 Å². The number of nitrogens with zero attached hydrogens (tertiary/aromatic N) is 1. The smallest absolute Gasteiger partial charge is 0.240 e. The summed E-state index contributed by atoms with van der Waals surface area (Å²) in [4.78, 5) is 12.1. The lowest BCUT2D eigenvalue weighted by Gasteiger charge is -2.30. The number of hydrazone groups is 1. The molecule has 0 saturated heterocycles. The summed E-state index contributed by atoms with van der Waals surface area (Å²) in [5, 5.41) is 4.04. The Labute approximate surface area is 202 Å². The lowest BCUT2D eigenvalue weighted by Crippen LogP contribution is -2.21. The minimum absolute atomic E-state index is 0.0208. The van der Waals surface area contributed by atoms with Crippen molar-refractivity contribution in [2.45, 2.75) is 78.1 Å². The number of hydrogen-bond acceptors (Lipinski definition) is 3. The number of halogens is 1. The third-order valence-corrected chi connectivity index (χ3v) is 7.08. The van der Waals surface area contributed by atoms with Crippen molar-refractivity contribution in [2.24, 2.45) is 5.10 Å². The molecular weight excluding hydrogens is 464 g/mol. The highest BCUT2D eigenvalue weighted by atomic mass is 79.9. The van der Waals surface area contributed by atoms with E-state index in [2.05, 4.69) is 86.2 Å². The van der Waals surface area contributed by atoms with Gasteiger partial charge in [0.1, 0.15) is 5.75 Å². The molecule has 1 amide bonds. The van der Waals surface area contributed by atoms with Crippen molar-refractivity contribution in [3.8, 4) is 5.75 Å². The average Bonchev–Trinajstić information content (AvgIpc) is 2.78. The minimum atomic E-state index is -0.119. The van der Waals surface area contributed by atoms with Gasteiger partial charge in [0.15, 0.2) is 0 Å². The fourth-order valence-electron chi connectivity index (χ4n) is 3.22. The molecular formula is C27H37BrN2O2. The van der Waals surface area contributed by atoms with Crippen molar-refractivity contribution < 1.29 is 9.53 Å². The van der Waals surface area contributed by atoms with Gasteiger partial charge in [-0.05, 0) is 47.8 Å². The molecule has 0 aliphatic carbocycles. The number of carbonyl (C=O) groups excluding carboxylic acids is 1. The Morgan fingerprint density at radius 3 is 2.41 bits per heavy atom. The first kappa shape index (κ1) is 26.1. The molecule has 0 aliphatic heterocycles. The molecule has 4 nitrogen and oxygen atoms in total. The largest absolute Gasteiger partial charge is 0.493 e. The van der Waals surface area contributed by atoms with Gasteiger partial charge < -0.3 is 4.74 Å². The van der Waals surface area contributed by atoms with Crippen LogP contribution < -0.4 is 10.2 Å². The molecule has 0 heterocycles. The monoisotopic (exact) mass is 500 g/mol. The summed E-state index contributed by atoms with van der Waals surface area (Å²) in [7, 11) is 0. The zero-order valence-electron chi connectivity index (χ0n) is 20.3. The summed E-state index contributed by atoms with van der Waals surface area (Å²) in [6, 6.07) is 14.3. The SMILES string of the molecule is CCC(C)(C)c1ccc(OCCCC(=O)N/N=C/c2ccccc2Br)c(C(C)(C)CC)c1. The molecule has 2 aromatic carbocycles. The van der Waals surface area contributed by atoms with Crippen molar-refractivity contribution in [1.29, 1.82) is 0 Å². The summed E-state index contributed by atoms with van der Waals surface area (Å²) in [5.41, 5.74) is 6.23. The molecule has 0 saturated carbocycles. The third-order valence-electron chi connectivity index (χ3n) is 6.36. The second-order valence-electron chi connectivity index (χ2n) is 9.45. The zero-order chi connectivity index (χ0) is 23.8. The normalized spacial score (nSPS) is 12.2. The Bertz CT molecular complexity index is 935. The summed E-state index contributed by atoms with van der Waals surface area (Å²) in [6.45, 7) is 14.0. The van der Waals surface area contributed by atoms with Crippen LogP contribution in [0.1, 0.15) is 83.9 Å². The molecule has 1 N–H and O–H groups in total. The number of benzene rings is 2. The van der Waals surface area contributed by atoms with E-state index in [0.717, 1.165) is 28.6 Å². The maximum atomic E-state index is 12.1. The molecule has 0 aromatic heterocycles.